The summed E-state index contributed by atoms with van der Waals surface area (Å²) in [5, 5.41) is 21.1. The van der Waals surface area contributed by atoms with Crippen LogP contribution in [0.4, 0.5) is 5.69 Å². The standard InChI is InChI=1S/C38H34Cl2N2O7/c39-22-10-7-11-24(18-22)42-35(47)29-20-27-25(14-15-26-32(27)36(48)41(34(26)46)17-6-2-5-12-31(44)45)33(28-19-23(40)13-16-30(28)43)38(29,37(42)49)21-8-3-1-4-9-21/h1,3-4,7-11,13-14,16,18-19,26-27,29,32-33,43H,2,5-6,12,15,17,20H2,(H,44,45)/t26-,27+,29-,32-,33+,38+/m0/s1. The SMILES string of the molecule is O=C(O)CCCCCN1C(=O)[C@H]2[C@H](CC=C3[C@H]2C[C@H]2C(=O)N(c4cccc(Cl)c4)C(=O)[C@@]2(c2ccccc2)[C@H]3c2cc(Cl)ccc2O)C1=O. The lowest BCUT2D eigenvalue weighted by Crippen LogP contribution is -2.53. The van der Waals surface area contributed by atoms with Gasteiger partial charge in [-0.3, -0.25) is 28.9 Å². The van der Waals surface area contributed by atoms with Gasteiger partial charge in [-0.25, -0.2) is 4.90 Å². The molecule has 0 bridgehead atoms. The van der Waals surface area contributed by atoms with Crippen LogP contribution >= 0.6 is 23.2 Å². The Morgan fingerprint density at radius 3 is 2.33 bits per heavy atom. The fraction of sp³-hybridized carbons (Fsp3) is 0.342. The summed E-state index contributed by atoms with van der Waals surface area (Å²) in [5.74, 6) is -6.34. The van der Waals surface area contributed by atoms with E-state index in [2.05, 4.69) is 0 Å². The molecule has 252 valence electrons. The molecular formula is C38H34Cl2N2O7. The maximum atomic E-state index is 15.2. The fourth-order valence-corrected chi connectivity index (χ4v) is 9.22. The Kier molecular flexibility index (Phi) is 8.61. The monoisotopic (exact) mass is 700 g/mol. The number of aliphatic carboxylic acids is 1. The first-order chi connectivity index (χ1) is 23.5. The molecule has 2 heterocycles. The van der Waals surface area contributed by atoms with E-state index in [1.165, 1.54) is 15.9 Å². The minimum absolute atomic E-state index is 0.0176. The van der Waals surface area contributed by atoms with Gasteiger partial charge in [0.25, 0.3) is 0 Å². The molecule has 0 aromatic heterocycles. The van der Waals surface area contributed by atoms with E-state index in [1.807, 2.05) is 24.3 Å². The Labute approximate surface area is 293 Å². The van der Waals surface area contributed by atoms with Crippen LogP contribution in [0.1, 0.15) is 55.6 Å². The van der Waals surface area contributed by atoms with E-state index in [4.69, 9.17) is 28.3 Å². The molecule has 1 saturated carbocycles. The Hall–Kier alpha value is -4.47. The molecule has 49 heavy (non-hydrogen) atoms. The number of halogens is 2. The largest absolute Gasteiger partial charge is 0.508 e. The lowest BCUT2D eigenvalue weighted by molar-refractivity contribution is -0.141. The number of likely N-dealkylation sites (tertiary alicyclic amines) is 1. The highest BCUT2D eigenvalue weighted by atomic mass is 35.5. The van der Waals surface area contributed by atoms with E-state index >= 15 is 4.79 Å². The number of nitrogens with zero attached hydrogens (tertiary/aromatic N) is 2. The van der Waals surface area contributed by atoms with Gasteiger partial charge in [0.05, 0.1) is 28.9 Å². The summed E-state index contributed by atoms with van der Waals surface area (Å²) in [6.45, 7) is 0.183. The van der Waals surface area contributed by atoms with Crippen molar-refractivity contribution < 1.29 is 34.2 Å². The summed E-state index contributed by atoms with van der Waals surface area (Å²) in [5.41, 5.74) is 0.463. The van der Waals surface area contributed by atoms with Gasteiger partial charge >= 0.3 is 5.97 Å². The second-order valence-corrected chi connectivity index (χ2v) is 14.2. The molecule has 9 nitrogen and oxygen atoms in total. The molecule has 11 heteroatoms. The average Bonchev–Trinajstić information content (AvgIpc) is 3.46. The Morgan fingerprint density at radius 1 is 0.837 bits per heavy atom. The summed E-state index contributed by atoms with van der Waals surface area (Å²) in [6.07, 6.45) is 3.81. The second kappa shape index (κ2) is 12.8. The zero-order chi connectivity index (χ0) is 34.6. The summed E-state index contributed by atoms with van der Waals surface area (Å²) < 4.78 is 0. The van der Waals surface area contributed by atoms with Crippen molar-refractivity contribution in [2.45, 2.75) is 49.9 Å². The molecule has 2 aliphatic heterocycles. The van der Waals surface area contributed by atoms with Crippen LogP contribution in [0.3, 0.4) is 0 Å². The number of amides is 4. The molecule has 4 amide bonds. The molecule has 3 aromatic rings. The number of imide groups is 2. The first-order valence-electron chi connectivity index (χ1n) is 16.5. The van der Waals surface area contributed by atoms with Crippen LogP contribution in [-0.4, -0.2) is 51.3 Å². The molecular weight excluding hydrogens is 667 g/mol. The van der Waals surface area contributed by atoms with Crippen molar-refractivity contribution in [3.05, 3.63) is 106 Å². The molecule has 2 saturated heterocycles. The molecule has 4 aliphatic rings. The van der Waals surface area contributed by atoms with Crippen LogP contribution in [0.25, 0.3) is 0 Å². The molecule has 6 atom stereocenters. The van der Waals surface area contributed by atoms with E-state index in [9.17, 15) is 24.3 Å². The number of hydrogen-bond acceptors (Lipinski definition) is 6. The molecule has 3 fully saturated rings. The van der Waals surface area contributed by atoms with Crippen LogP contribution in [0, 0.1) is 23.7 Å². The van der Waals surface area contributed by atoms with Crippen LogP contribution in [0.15, 0.2) is 84.4 Å². The molecule has 3 aromatic carbocycles. The quantitative estimate of drug-likeness (QED) is 0.148. The maximum Gasteiger partial charge on any atom is 0.303 e. The third-order valence-corrected chi connectivity index (χ3v) is 11.3. The Balaban J connectivity index is 1.37. The zero-order valence-electron chi connectivity index (χ0n) is 26.4. The normalized spacial score (nSPS) is 27.6. The number of allylic oxidation sites excluding steroid dienone is 2. The summed E-state index contributed by atoms with van der Waals surface area (Å²) in [4.78, 5) is 71.3. The topological polar surface area (TPSA) is 132 Å². The molecule has 7 rings (SSSR count). The summed E-state index contributed by atoms with van der Waals surface area (Å²) in [7, 11) is 0. The summed E-state index contributed by atoms with van der Waals surface area (Å²) in [6, 6.07) is 20.2. The van der Waals surface area contributed by atoms with E-state index < -0.39 is 52.8 Å². The van der Waals surface area contributed by atoms with Gasteiger partial charge in [0, 0.05) is 34.5 Å². The van der Waals surface area contributed by atoms with Gasteiger partial charge in [0.1, 0.15) is 5.75 Å². The van der Waals surface area contributed by atoms with Crippen molar-refractivity contribution in [1.82, 2.24) is 4.90 Å². The summed E-state index contributed by atoms with van der Waals surface area (Å²) >= 11 is 12.9. The number of carboxylic acids is 1. The van der Waals surface area contributed by atoms with Gasteiger partial charge in [-0.2, -0.15) is 0 Å². The number of phenolic OH excluding ortho intramolecular Hbond substituents is 1. The van der Waals surface area contributed by atoms with Crippen molar-refractivity contribution in [2.24, 2.45) is 23.7 Å². The van der Waals surface area contributed by atoms with Gasteiger partial charge in [-0.1, -0.05) is 77.7 Å². The number of aromatic hydroxyl groups is 1. The number of hydrogen-bond donors (Lipinski definition) is 2. The fourth-order valence-electron chi connectivity index (χ4n) is 8.85. The Morgan fingerprint density at radius 2 is 1.59 bits per heavy atom. The van der Waals surface area contributed by atoms with E-state index in [0.717, 1.165) is 5.57 Å². The highest BCUT2D eigenvalue weighted by Crippen LogP contribution is 2.65. The number of phenols is 1. The van der Waals surface area contributed by atoms with Gasteiger partial charge in [-0.05, 0) is 73.6 Å². The number of rotatable bonds is 9. The van der Waals surface area contributed by atoms with Crippen molar-refractivity contribution in [3.63, 3.8) is 0 Å². The van der Waals surface area contributed by atoms with Crippen molar-refractivity contribution in [1.29, 1.82) is 0 Å². The van der Waals surface area contributed by atoms with Gasteiger partial charge in [0.2, 0.25) is 23.6 Å². The molecule has 2 N–H and O–H groups in total. The number of fused-ring (bicyclic) bond motifs is 4. The molecule has 0 unspecified atom stereocenters. The van der Waals surface area contributed by atoms with E-state index in [0.29, 0.717) is 46.1 Å². The first-order valence-corrected chi connectivity index (χ1v) is 17.3. The lowest BCUT2D eigenvalue weighted by atomic mass is 9.49. The number of anilines is 1. The number of unbranched alkanes of at least 4 members (excludes halogenated alkanes) is 2. The minimum Gasteiger partial charge on any atom is -0.508 e. The van der Waals surface area contributed by atoms with Gasteiger partial charge in [-0.15, -0.1) is 0 Å². The van der Waals surface area contributed by atoms with Crippen molar-refractivity contribution >= 4 is 58.5 Å². The van der Waals surface area contributed by atoms with Crippen LogP contribution in [0.5, 0.6) is 5.75 Å². The molecule has 2 aliphatic carbocycles. The van der Waals surface area contributed by atoms with Crippen molar-refractivity contribution in [2.75, 3.05) is 11.4 Å². The second-order valence-electron chi connectivity index (χ2n) is 13.3. The highest BCUT2D eigenvalue weighted by molar-refractivity contribution is 6.32. The zero-order valence-corrected chi connectivity index (χ0v) is 27.9. The molecule has 0 radical (unpaired) electrons. The van der Waals surface area contributed by atoms with Crippen LogP contribution in [0.2, 0.25) is 10.0 Å². The van der Waals surface area contributed by atoms with Gasteiger partial charge in [0.15, 0.2) is 0 Å². The first kappa shape index (κ1) is 33.0. The number of carboxylic acid groups (broad SMARTS) is 1. The number of benzene rings is 3. The third-order valence-electron chi connectivity index (χ3n) is 10.8. The third kappa shape index (κ3) is 5.25. The molecule has 0 spiro atoms. The van der Waals surface area contributed by atoms with Gasteiger partial charge < -0.3 is 10.2 Å². The number of carbonyl (C=O) groups is 5. The number of carbonyl (C=O) groups excluding carboxylic acids is 4. The minimum atomic E-state index is -1.52. The highest BCUT2D eigenvalue weighted by Gasteiger charge is 2.70. The van der Waals surface area contributed by atoms with Crippen LogP contribution in [-0.2, 0) is 29.4 Å². The van der Waals surface area contributed by atoms with E-state index in [-0.39, 0.29) is 43.4 Å². The predicted molar refractivity (Wildman–Crippen MR) is 182 cm³/mol. The average molecular weight is 702 g/mol. The predicted octanol–water partition coefficient (Wildman–Crippen LogP) is 6.51. The maximum absolute atomic E-state index is 15.2. The lowest BCUT2D eigenvalue weighted by Gasteiger charge is -2.50. The van der Waals surface area contributed by atoms with Crippen molar-refractivity contribution in [3.8, 4) is 5.75 Å². The Bertz CT molecular complexity index is 1910. The smallest absolute Gasteiger partial charge is 0.303 e. The van der Waals surface area contributed by atoms with E-state index in [1.54, 1.807) is 48.5 Å². The van der Waals surface area contributed by atoms with Crippen LogP contribution < -0.4 is 4.90 Å².